The molecule has 1 aliphatic heterocycles. The molecule has 1 fully saturated rings. The van der Waals surface area contributed by atoms with Crippen LogP contribution in [0.4, 0.5) is 8.78 Å². The second kappa shape index (κ2) is 5.26. The first kappa shape index (κ1) is 13.7. The summed E-state index contributed by atoms with van der Waals surface area (Å²) in [6, 6.07) is 11.7. The Bertz CT molecular complexity index is 621. The van der Waals surface area contributed by atoms with Crippen LogP contribution < -0.4 is 5.32 Å². The summed E-state index contributed by atoms with van der Waals surface area (Å²) in [7, 11) is 0. The Morgan fingerprint density at radius 3 is 2.35 bits per heavy atom. The zero-order valence-corrected chi connectivity index (χ0v) is 12.4. The molecule has 0 aliphatic carbocycles. The Balaban J connectivity index is 1.93. The Morgan fingerprint density at radius 1 is 1.05 bits per heavy atom. The molecule has 20 heavy (non-hydrogen) atoms. The van der Waals surface area contributed by atoms with Crippen molar-refractivity contribution in [3.8, 4) is 0 Å². The fraction of sp³-hybridized carbons (Fsp3) is 0.250. The van der Waals surface area contributed by atoms with E-state index in [1.807, 2.05) is 24.3 Å². The summed E-state index contributed by atoms with van der Waals surface area (Å²) in [5.41, 5.74) is 1.45. The van der Waals surface area contributed by atoms with Crippen LogP contribution in [0.3, 0.4) is 0 Å². The van der Waals surface area contributed by atoms with E-state index in [1.54, 1.807) is 0 Å². The predicted octanol–water partition coefficient (Wildman–Crippen LogP) is 3.81. The van der Waals surface area contributed by atoms with E-state index in [2.05, 4.69) is 21.2 Å². The van der Waals surface area contributed by atoms with E-state index in [0.717, 1.165) is 29.2 Å². The van der Waals surface area contributed by atoms with E-state index in [0.29, 0.717) is 12.0 Å². The van der Waals surface area contributed by atoms with E-state index in [1.165, 1.54) is 12.1 Å². The van der Waals surface area contributed by atoms with Crippen molar-refractivity contribution in [3.05, 3.63) is 69.7 Å². The molecule has 0 aromatic heterocycles. The molecule has 0 atom stereocenters. The number of benzene rings is 2. The van der Waals surface area contributed by atoms with Gasteiger partial charge in [0, 0.05) is 23.0 Å². The molecule has 1 aliphatic rings. The van der Waals surface area contributed by atoms with Gasteiger partial charge in [-0.15, -0.1) is 0 Å². The van der Waals surface area contributed by atoms with Crippen molar-refractivity contribution < 1.29 is 8.78 Å². The molecule has 1 saturated heterocycles. The molecule has 0 unspecified atom stereocenters. The van der Waals surface area contributed by atoms with Crippen LogP contribution in [0.5, 0.6) is 0 Å². The molecule has 3 rings (SSSR count). The van der Waals surface area contributed by atoms with E-state index < -0.39 is 0 Å². The van der Waals surface area contributed by atoms with Gasteiger partial charge in [-0.1, -0.05) is 28.1 Å². The lowest BCUT2D eigenvalue weighted by atomic mass is 9.71. The van der Waals surface area contributed by atoms with Gasteiger partial charge in [-0.3, -0.25) is 0 Å². The Morgan fingerprint density at radius 2 is 1.75 bits per heavy atom. The monoisotopic (exact) mass is 337 g/mol. The lowest BCUT2D eigenvalue weighted by molar-refractivity contribution is 0.271. The first-order valence-electron chi connectivity index (χ1n) is 6.50. The molecule has 0 amide bonds. The molecule has 1 nitrogen and oxygen atoms in total. The van der Waals surface area contributed by atoms with Gasteiger partial charge in [0.05, 0.1) is 0 Å². The standard InChI is InChI=1S/C16H14BrF2N/c17-13-3-1-12(2-4-13)16(9-20-10-16)8-11-7-14(18)5-6-15(11)19/h1-7,20H,8-10H2. The topological polar surface area (TPSA) is 12.0 Å². The number of hydrogen-bond donors (Lipinski definition) is 1. The van der Waals surface area contributed by atoms with Crippen LogP contribution in [0.15, 0.2) is 46.9 Å². The summed E-state index contributed by atoms with van der Waals surface area (Å²) in [5, 5.41) is 3.24. The lowest BCUT2D eigenvalue weighted by Gasteiger charge is -2.43. The number of hydrogen-bond acceptors (Lipinski definition) is 1. The fourth-order valence-corrected chi connectivity index (χ4v) is 2.97. The highest BCUT2D eigenvalue weighted by Gasteiger charge is 2.39. The zero-order valence-electron chi connectivity index (χ0n) is 10.8. The molecule has 1 N–H and O–H groups in total. The lowest BCUT2D eigenvalue weighted by Crippen LogP contribution is -2.58. The highest BCUT2D eigenvalue weighted by atomic mass is 79.9. The van der Waals surface area contributed by atoms with E-state index >= 15 is 0 Å². The molecule has 104 valence electrons. The van der Waals surface area contributed by atoms with Crippen molar-refractivity contribution >= 4 is 15.9 Å². The maximum atomic E-state index is 13.8. The summed E-state index contributed by atoms with van der Waals surface area (Å²) in [4.78, 5) is 0. The molecule has 2 aromatic carbocycles. The third-order valence-corrected chi connectivity index (χ3v) is 4.45. The molecule has 2 aromatic rings. The summed E-state index contributed by atoms with van der Waals surface area (Å²) in [5.74, 6) is -0.727. The molecular weight excluding hydrogens is 324 g/mol. The van der Waals surface area contributed by atoms with Crippen molar-refractivity contribution in [1.29, 1.82) is 0 Å². The Hall–Kier alpha value is -1.26. The smallest absolute Gasteiger partial charge is 0.126 e. The van der Waals surface area contributed by atoms with Gasteiger partial charge in [0.1, 0.15) is 11.6 Å². The SMILES string of the molecule is Fc1ccc(F)c(CC2(c3ccc(Br)cc3)CNC2)c1. The molecule has 0 bridgehead atoms. The van der Waals surface area contributed by atoms with Crippen LogP contribution in [0.2, 0.25) is 0 Å². The van der Waals surface area contributed by atoms with Gasteiger partial charge >= 0.3 is 0 Å². The average molecular weight is 338 g/mol. The van der Waals surface area contributed by atoms with Gasteiger partial charge in [-0.2, -0.15) is 0 Å². The average Bonchev–Trinajstić information content (AvgIpc) is 2.39. The van der Waals surface area contributed by atoms with Crippen molar-refractivity contribution in [3.63, 3.8) is 0 Å². The van der Waals surface area contributed by atoms with Gasteiger partial charge in [-0.05, 0) is 47.9 Å². The highest BCUT2D eigenvalue weighted by molar-refractivity contribution is 9.10. The molecular formula is C16H14BrF2N. The van der Waals surface area contributed by atoms with Gasteiger partial charge < -0.3 is 5.32 Å². The number of rotatable bonds is 3. The fourth-order valence-electron chi connectivity index (χ4n) is 2.70. The summed E-state index contributed by atoms with van der Waals surface area (Å²) >= 11 is 3.41. The van der Waals surface area contributed by atoms with E-state index in [-0.39, 0.29) is 17.0 Å². The largest absolute Gasteiger partial charge is 0.315 e. The molecule has 1 heterocycles. The van der Waals surface area contributed by atoms with Gasteiger partial charge in [0.2, 0.25) is 0 Å². The van der Waals surface area contributed by atoms with E-state index in [4.69, 9.17) is 0 Å². The number of nitrogens with one attached hydrogen (secondary N) is 1. The van der Waals surface area contributed by atoms with Crippen LogP contribution in [-0.4, -0.2) is 13.1 Å². The summed E-state index contributed by atoms with van der Waals surface area (Å²) < 4.78 is 28.2. The highest BCUT2D eigenvalue weighted by Crippen LogP contribution is 2.34. The minimum Gasteiger partial charge on any atom is -0.315 e. The second-order valence-electron chi connectivity index (χ2n) is 5.30. The maximum Gasteiger partial charge on any atom is 0.126 e. The van der Waals surface area contributed by atoms with Crippen LogP contribution in [0.1, 0.15) is 11.1 Å². The quantitative estimate of drug-likeness (QED) is 0.897. The Kier molecular flexibility index (Phi) is 3.61. The normalized spacial score (nSPS) is 16.8. The van der Waals surface area contributed by atoms with Crippen LogP contribution >= 0.6 is 15.9 Å². The predicted molar refractivity (Wildman–Crippen MR) is 78.8 cm³/mol. The third kappa shape index (κ3) is 2.50. The zero-order chi connectivity index (χ0) is 14.2. The minimum absolute atomic E-state index is 0.144. The van der Waals surface area contributed by atoms with Gasteiger partial charge in [0.15, 0.2) is 0 Å². The molecule has 4 heteroatoms. The molecule has 0 radical (unpaired) electrons. The van der Waals surface area contributed by atoms with Gasteiger partial charge in [-0.25, -0.2) is 8.78 Å². The number of halogens is 3. The summed E-state index contributed by atoms with van der Waals surface area (Å²) in [6.07, 6.45) is 0.505. The van der Waals surface area contributed by atoms with Crippen LogP contribution in [0, 0.1) is 11.6 Å². The van der Waals surface area contributed by atoms with Crippen molar-refractivity contribution in [2.24, 2.45) is 0 Å². The third-order valence-electron chi connectivity index (χ3n) is 3.92. The molecule has 0 saturated carbocycles. The Labute approximate surface area is 125 Å². The molecule has 0 spiro atoms. The van der Waals surface area contributed by atoms with Crippen molar-refractivity contribution in [2.45, 2.75) is 11.8 Å². The van der Waals surface area contributed by atoms with E-state index in [9.17, 15) is 8.78 Å². The van der Waals surface area contributed by atoms with Crippen LogP contribution in [-0.2, 0) is 11.8 Å². The van der Waals surface area contributed by atoms with Crippen molar-refractivity contribution in [2.75, 3.05) is 13.1 Å². The maximum absolute atomic E-state index is 13.8. The summed E-state index contributed by atoms with van der Waals surface area (Å²) in [6.45, 7) is 1.56. The first-order valence-corrected chi connectivity index (χ1v) is 7.29. The van der Waals surface area contributed by atoms with Crippen molar-refractivity contribution in [1.82, 2.24) is 5.32 Å². The van der Waals surface area contributed by atoms with Gasteiger partial charge in [0.25, 0.3) is 0 Å². The first-order chi connectivity index (χ1) is 9.59. The minimum atomic E-state index is -0.389. The van der Waals surface area contributed by atoms with Crippen LogP contribution in [0.25, 0.3) is 0 Å². The second-order valence-corrected chi connectivity index (χ2v) is 6.22.